The highest BCUT2D eigenvalue weighted by Gasteiger charge is 2.22. The zero-order chi connectivity index (χ0) is 18.1. The van der Waals surface area contributed by atoms with Crippen molar-refractivity contribution in [3.05, 3.63) is 53.6 Å². The van der Waals surface area contributed by atoms with E-state index < -0.39 is 0 Å². The lowest BCUT2D eigenvalue weighted by Crippen LogP contribution is -2.40. The van der Waals surface area contributed by atoms with Crippen LogP contribution in [0.1, 0.15) is 57.9 Å². The number of carbonyl (C=O) groups excluding carboxylic acids is 1. The predicted molar refractivity (Wildman–Crippen MR) is 103 cm³/mol. The third kappa shape index (κ3) is 6.91. The van der Waals surface area contributed by atoms with E-state index in [2.05, 4.69) is 14.9 Å². The van der Waals surface area contributed by atoms with Crippen molar-refractivity contribution in [3.63, 3.8) is 0 Å². The largest absolute Gasteiger partial charge is 0.347 e. The molecule has 0 saturated carbocycles. The lowest BCUT2D eigenvalue weighted by atomic mass is 9.94. The fraction of sp³-hybridized carbons (Fsp3) is 0.500. The summed E-state index contributed by atoms with van der Waals surface area (Å²) in [6, 6.07) is 7.63. The van der Waals surface area contributed by atoms with E-state index >= 15 is 0 Å². The summed E-state index contributed by atoms with van der Waals surface area (Å²) >= 11 is 5.93. The van der Waals surface area contributed by atoms with Crippen LogP contribution in [-0.4, -0.2) is 15.5 Å². The van der Waals surface area contributed by atoms with E-state index in [1.54, 1.807) is 0 Å². The number of amides is 1. The number of rotatable bonds is 10. The summed E-state index contributed by atoms with van der Waals surface area (Å²) in [5, 5.41) is 3.83. The van der Waals surface area contributed by atoms with Gasteiger partial charge in [0.05, 0.1) is 11.9 Å². The first-order valence-electron chi connectivity index (χ1n) is 9.00. The minimum absolute atomic E-state index is 0.110. The molecule has 0 fully saturated rings. The molecule has 1 amide bonds. The van der Waals surface area contributed by atoms with Gasteiger partial charge in [0.1, 0.15) is 0 Å². The van der Waals surface area contributed by atoms with Crippen LogP contribution in [-0.2, 0) is 16.9 Å². The number of aromatic nitrogens is 2. The van der Waals surface area contributed by atoms with Gasteiger partial charge < -0.3 is 9.88 Å². The second-order valence-corrected chi connectivity index (χ2v) is 7.43. The number of halogens is 1. The first-order chi connectivity index (χ1) is 12.0. The quantitative estimate of drug-likeness (QED) is 0.610. The molecule has 0 aliphatic heterocycles. The standard InChI is InChI=1S/C20H28ClN3O/c1-20(2,17-9-11-18(21)12-10-17)23-19(25)8-6-4-3-5-7-14-24-15-13-22-16-24/h9-13,15-16H,3-8,14H2,1-2H3,(H,23,25). The normalized spacial score (nSPS) is 11.5. The van der Waals surface area contributed by atoms with Gasteiger partial charge in [0, 0.05) is 30.4 Å². The Balaban J connectivity index is 1.59. The molecule has 1 heterocycles. The van der Waals surface area contributed by atoms with Crippen LogP contribution in [0.2, 0.25) is 5.02 Å². The maximum Gasteiger partial charge on any atom is 0.220 e. The molecule has 1 aromatic heterocycles. The fourth-order valence-corrected chi connectivity index (χ4v) is 3.01. The zero-order valence-electron chi connectivity index (χ0n) is 15.2. The van der Waals surface area contributed by atoms with Gasteiger partial charge in [-0.15, -0.1) is 0 Å². The topological polar surface area (TPSA) is 46.9 Å². The molecule has 0 bridgehead atoms. The van der Waals surface area contributed by atoms with Crippen molar-refractivity contribution in [1.29, 1.82) is 0 Å². The van der Waals surface area contributed by atoms with Gasteiger partial charge >= 0.3 is 0 Å². The van der Waals surface area contributed by atoms with Gasteiger partial charge in [-0.2, -0.15) is 0 Å². The Bertz CT molecular complexity index is 635. The first-order valence-corrected chi connectivity index (χ1v) is 9.38. The molecular formula is C20H28ClN3O. The molecule has 136 valence electrons. The van der Waals surface area contributed by atoms with Crippen molar-refractivity contribution in [2.24, 2.45) is 0 Å². The maximum atomic E-state index is 12.2. The Hall–Kier alpha value is -1.81. The first kappa shape index (κ1) is 19.5. The summed E-state index contributed by atoms with van der Waals surface area (Å²) in [6.07, 6.45) is 11.8. The van der Waals surface area contributed by atoms with Gasteiger partial charge in [-0.05, 0) is 44.4 Å². The van der Waals surface area contributed by atoms with Crippen LogP contribution in [0.25, 0.3) is 0 Å². The molecule has 4 nitrogen and oxygen atoms in total. The molecule has 0 aliphatic rings. The van der Waals surface area contributed by atoms with Gasteiger partial charge in [0.2, 0.25) is 5.91 Å². The van der Waals surface area contributed by atoms with Gasteiger partial charge in [0.15, 0.2) is 0 Å². The SMILES string of the molecule is CC(C)(NC(=O)CCCCCCCn1ccnc1)c1ccc(Cl)cc1. The summed E-state index contributed by atoms with van der Waals surface area (Å²) in [6.45, 7) is 5.06. The number of unbranched alkanes of at least 4 members (excludes halogenated alkanes) is 4. The summed E-state index contributed by atoms with van der Waals surface area (Å²) < 4.78 is 2.10. The minimum Gasteiger partial charge on any atom is -0.347 e. The average molecular weight is 362 g/mol. The van der Waals surface area contributed by atoms with Crippen molar-refractivity contribution < 1.29 is 4.79 Å². The highest BCUT2D eigenvalue weighted by molar-refractivity contribution is 6.30. The van der Waals surface area contributed by atoms with Crippen LogP contribution in [0.15, 0.2) is 43.0 Å². The highest BCUT2D eigenvalue weighted by Crippen LogP contribution is 2.22. The van der Waals surface area contributed by atoms with E-state index in [9.17, 15) is 4.79 Å². The number of hydrogen-bond acceptors (Lipinski definition) is 2. The van der Waals surface area contributed by atoms with E-state index in [1.165, 1.54) is 12.8 Å². The average Bonchev–Trinajstić information content (AvgIpc) is 3.07. The van der Waals surface area contributed by atoms with E-state index in [4.69, 9.17) is 11.6 Å². The fourth-order valence-electron chi connectivity index (χ4n) is 2.88. The van der Waals surface area contributed by atoms with Crippen LogP contribution < -0.4 is 5.32 Å². The van der Waals surface area contributed by atoms with Crippen LogP contribution >= 0.6 is 11.6 Å². The second kappa shape index (κ2) is 9.62. The highest BCUT2D eigenvalue weighted by atomic mass is 35.5. The minimum atomic E-state index is -0.382. The summed E-state index contributed by atoms with van der Waals surface area (Å²) in [4.78, 5) is 16.2. The molecule has 2 rings (SSSR count). The van der Waals surface area contributed by atoms with Gasteiger partial charge in [0.25, 0.3) is 0 Å². The van der Waals surface area contributed by atoms with Gasteiger partial charge in [-0.25, -0.2) is 4.98 Å². The van der Waals surface area contributed by atoms with Crippen molar-refractivity contribution in [3.8, 4) is 0 Å². The molecule has 0 saturated heterocycles. The van der Waals surface area contributed by atoms with Crippen molar-refractivity contribution in [2.45, 2.75) is 64.5 Å². The number of aryl methyl sites for hydroxylation is 1. The zero-order valence-corrected chi connectivity index (χ0v) is 15.9. The Morgan fingerprint density at radius 2 is 1.80 bits per heavy atom. The number of carbonyl (C=O) groups is 1. The monoisotopic (exact) mass is 361 g/mol. The van der Waals surface area contributed by atoms with Crippen LogP contribution in [0, 0.1) is 0 Å². The molecule has 0 aliphatic carbocycles. The number of hydrogen-bond donors (Lipinski definition) is 1. The molecule has 0 spiro atoms. The Labute approximate surface area is 155 Å². The lowest BCUT2D eigenvalue weighted by Gasteiger charge is -2.27. The molecule has 0 unspecified atom stereocenters. The molecule has 1 N–H and O–H groups in total. The molecule has 1 aromatic carbocycles. The van der Waals surface area contributed by atoms with E-state index in [1.807, 2.05) is 56.8 Å². The van der Waals surface area contributed by atoms with Crippen LogP contribution in [0.3, 0.4) is 0 Å². The summed E-state index contributed by atoms with van der Waals surface area (Å²) in [5.41, 5.74) is 0.677. The summed E-state index contributed by atoms with van der Waals surface area (Å²) in [5.74, 6) is 0.110. The smallest absolute Gasteiger partial charge is 0.220 e. The van der Waals surface area contributed by atoms with E-state index in [-0.39, 0.29) is 11.4 Å². The molecule has 2 aromatic rings. The number of nitrogens with zero attached hydrogens (tertiary/aromatic N) is 2. The number of nitrogens with one attached hydrogen (secondary N) is 1. The predicted octanol–water partition coefficient (Wildman–Crippen LogP) is 4.93. The van der Waals surface area contributed by atoms with Crippen LogP contribution in [0.5, 0.6) is 0 Å². The van der Waals surface area contributed by atoms with Crippen LogP contribution in [0.4, 0.5) is 0 Å². The third-order valence-corrected chi connectivity index (χ3v) is 4.65. The second-order valence-electron chi connectivity index (χ2n) is 7.00. The Morgan fingerprint density at radius 3 is 2.48 bits per heavy atom. The number of benzene rings is 1. The Kier molecular flexibility index (Phi) is 7.51. The number of imidazole rings is 1. The molecule has 5 heteroatoms. The maximum absolute atomic E-state index is 12.2. The Morgan fingerprint density at radius 1 is 1.12 bits per heavy atom. The van der Waals surface area contributed by atoms with Crippen molar-refractivity contribution in [1.82, 2.24) is 14.9 Å². The molecule has 25 heavy (non-hydrogen) atoms. The van der Waals surface area contributed by atoms with Gasteiger partial charge in [-0.1, -0.05) is 43.0 Å². The summed E-state index contributed by atoms with van der Waals surface area (Å²) in [7, 11) is 0. The van der Waals surface area contributed by atoms with E-state index in [0.717, 1.165) is 31.4 Å². The lowest BCUT2D eigenvalue weighted by molar-refractivity contribution is -0.122. The molecule has 0 atom stereocenters. The van der Waals surface area contributed by atoms with Gasteiger partial charge in [-0.3, -0.25) is 4.79 Å². The van der Waals surface area contributed by atoms with E-state index in [0.29, 0.717) is 11.4 Å². The third-order valence-electron chi connectivity index (χ3n) is 4.40. The van der Waals surface area contributed by atoms with Crippen molar-refractivity contribution >= 4 is 17.5 Å². The molecular weight excluding hydrogens is 334 g/mol. The molecule has 0 radical (unpaired) electrons. The van der Waals surface area contributed by atoms with Crippen molar-refractivity contribution in [2.75, 3.05) is 0 Å².